The molecule has 0 amide bonds. The quantitative estimate of drug-likeness (QED) is 0.0150. The molecule has 18 heteroatoms. The third kappa shape index (κ3) is 24.9. The Morgan fingerprint density at radius 2 is 1.11 bits per heavy atom. The number of carbonyl (C=O) groups is 2. The summed E-state index contributed by atoms with van der Waals surface area (Å²) in [4.78, 5) is 27.0. The van der Waals surface area contributed by atoms with Gasteiger partial charge in [0.15, 0.2) is 24.6 Å². The fraction of sp³-hybridized carbons (Fsp3) is 0.917. The van der Waals surface area contributed by atoms with E-state index in [2.05, 4.69) is 25.0 Å². The Balaban J connectivity index is 0.0000218. The number of aliphatic hydroxyl groups excluding tert-OH is 5. The van der Waals surface area contributed by atoms with Crippen LogP contribution in [0.4, 0.5) is 0 Å². The van der Waals surface area contributed by atoms with Crippen LogP contribution < -0.4 is 29.6 Å². The van der Waals surface area contributed by atoms with Gasteiger partial charge in [-0.1, -0.05) is 163 Å². The summed E-state index contributed by atoms with van der Waals surface area (Å²) in [6.07, 6.45) is 8.84. The van der Waals surface area contributed by atoms with Gasteiger partial charge in [-0.2, -0.15) is 0 Å². The Morgan fingerprint density at radius 3 is 1.61 bits per heavy atom. The van der Waals surface area contributed by atoms with Crippen molar-refractivity contribution in [2.75, 3.05) is 13.2 Å². The van der Waals surface area contributed by atoms with E-state index >= 15 is 0 Å². The van der Waals surface area contributed by atoms with Crippen molar-refractivity contribution in [3.8, 4) is 0 Å². The summed E-state index contributed by atoms with van der Waals surface area (Å²) >= 11 is 0. The van der Waals surface area contributed by atoms with Crippen LogP contribution in [0.5, 0.6) is 0 Å². The minimum absolute atomic E-state index is 0. The van der Waals surface area contributed by atoms with Crippen LogP contribution in [0.2, 0.25) is 0 Å². The van der Waals surface area contributed by atoms with E-state index in [1.54, 1.807) is 13.0 Å². The van der Waals surface area contributed by atoms with Gasteiger partial charge in [-0.15, -0.1) is 0 Å². The van der Waals surface area contributed by atoms with Gasteiger partial charge < -0.3 is 53.8 Å². The van der Waals surface area contributed by atoms with E-state index in [0.717, 1.165) is 38.5 Å². The average molecular weight is 975 g/mol. The molecule has 16 nitrogen and oxygen atoms in total. The Hall–Kier alpha value is -0.770. The number of ether oxygens (including phenoxy) is 5. The zero-order valence-corrected chi connectivity index (χ0v) is 44.2. The van der Waals surface area contributed by atoms with Gasteiger partial charge in [0.25, 0.3) is 0 Å². The Bertz CT molecular complexity index is 1440. The van der Waals surface area contributed by atoms with Gasteiger partial charge in [0, 0.05) is 12.0 Å². The van der Waals surface area contributed by atoms with E-state index in [1.807, 2.05) is 13.8 Å². The topological polar surface area (TPSA) is 248 Å². The fourth-order valence-corrected chi connectivity index (χ4v) is 9.51. The van der Waals surface area contributed by atoms with E-state index in [-0.39, 0.29) is 47.5 Å². The second kappa shape index (κ2) is 35.4. The molecule has 13 atom stereocenters. The van der Waals surface area contributed by atoms with Gasteiger partial charge in [0.05, 0.1) is 13.2 Å². The number of unbranched alkanes of at least 4 members (excludes halogenated alkanes) is 17. The van der Waals surface area contributed by atoms with E-state index in [1.165, 1.54) is 96.3 Å². The van der Waals surface area contributed by atoms with Crippen LogP contribution in [0.25, 0.3) is 0 Å². The third-order valence-electron chi connectivity index (χ3n) is 12.6. The van der Waals surface area contributed by atoms with Crippen LogP contribution in [0, 0.1) is 17.8 Å². The minimum Gasteiger partial charge on any atom is -0.726 e. The molecule has 2 rings (SSSR count). The molecule has 0 aromatic rings. The molecule has 2 aliphatic heterocycles. The number of esters is 2. The summed E-state index contributed by atoms with van der Waals surface area (Å²) in [5, 5.41) is 52.4. The number of allylic oxidation sites excluding steroid dienone is 1. The van der Waals surface area contributed by atoms with Crippen LogP contribution >= 0.6 is 0 Å². The van der Waals surface area contributed by atoms with Crippen LogP contribution in [0.3, 0.4) is 0 Å². The molecule has 382 valence electrons. The van der Waals surface area contributed by atoms with Crippen molar-refractivity contribution < 1.29 is 106 Å². The molecule has 0 aromatic carbocycles. The monoisotopic (exact) mass is 975 g/mol. The molecule has 0 bridgehead atoms. The van der Waals surface area contributed by atoms with E-state index in [4.69, 9.17) is 23.7 Å². The van der Waals surface area contributed by atoms with Crippen molar-refractivity contribution in [1.29, 1.82) is 0 Å². The zero-order chi connectivity index (χ0) is 48.4. The Kier molecular flexibility index (Phi) is 33.9. The van der Waals surface area contributed by atoms with Crippen LogP contribution in [0.1, 0.15) is 189 Å². The molecular weight excluding hydrogens is 888 g/mol. The predicted octanol–water partition coefficient (Wildman–Crippen LogP) is 4.06. The van der Waals surface area contributed by atoms with Gasteiger partial charge in [-0.3, -0.25) is 8.98 Å². The first-order valence-corrected chi connectivity index (χ1v) is 26.2. The van der Waals surface area contributed by atoms with Crippen molar-refractivity contribution in [1.82, 2.24) is 0 Å². The standard InChI is InChI=1S/C48H88O16S.Na/c1-7-9-11-13-14-15-16-17-18-19-20-21-23-24-26-33(3)28-34(4)29-35(5)30-36(6)46(55)62-43-41(53)38(32-50)60-48(45(43)61-39(51)27-25-22-12-10-8-2)63-47-44(64-65(56,57)58)42(54)40(52)37(31-49)59-47;/h30,33-35,37-38,40-45,47-50,52-54H,7-29,31-32H2,1-6H3,(H,56,57,58);/q;+1/p-1/b36-30+;/t33-,34-,35-,37+,38+,40+,41+,42-,43-,44+,45+,47+,48+;/m0./s1. The number of hydrogen-bond acceptors (Lipinski definition) is 16. The Labute approximate surface area is 418 Å². The van der Waals surface area contributed by atoms with Crippen molar-refractivity contribution in [3.63, 3.8) is 0 Å². The molecule has 0 unspecified atom stereocenters. The van der Waals surface area contributed by atoms with Gasteiger partial charge >= 0.3 is 41.5 Å². The number of rotatable bonds is 35. The maximum Gasteiger partial charge on any atom is 1.00 e. The molecule has 2 aliphatic rings. The van der Waals surface area contributed by atoms with Crippen LogP contribution in [-0.2, 0) is 47.9 Å². The summed E-state index contributed by atoms with van der Waals surface area (Å²) in [7, 11) is -5.55. The molecule has 66 heavy (non-hydrogen) atoms. The average Bonchev–Trinajstić information content (AvgIpc) is 3.24. The van der Waals surface area contributed by atoms with E-state index in [0.29, 0.717) is 18.3 Å². The molecule has 2 heterocycles. The maximum atomic E-state index is 13.7. The first-order chi connectivity index (χ1) is 31.0. The van der Waals surface area contributed by atoms with E-state index < -0.39 is 97.0 Å². The molecule has 2 fully saturated rings. The van der Waals surface area contributed by atoms with Crippen molar-refractivity contribution in [2.24, 2.45) is 17.8 Å². The summed E-state index contributed by atoms with van der Waals surface area (Å²) < 4.78 is 68.0. The van der Waals surface area contributed by atoms with Crippen LogP contribution in [0.15, 0.2) is 11.6 Å². The maximum absolute atomic E-state index is 13.7. The molecule has 2 saturated heterocycles. The predicted molar refractivity (Wildman–Crippen MR) is 244 cm³/mol. The third-order valence-corrected chi connectivity index (χ3v) is 13.1. The second-order valence-electron chi connectivity index (χ2n) is 18.9. The first kappa shape index (κ1) is 63.2. The van der Waals surface area contributed by atoms with Gasteiger partial charge in [-0.05, 0) is 43.9 Å². The molecule has 0 radical (unpaired) electrons. The summed E-state index contributed by atoms with van der Waals surface area (Å²) in [6, 6.07) is 0. The second-order valence-corrected chi connectivity index (χ2v) is 19.9. The molecule has 0 aromatic heterocycles. The molecule has 0 aliphatic carbocycles. The molecule has 0 spiro atoms. The van der Waals surface area contributed by atoms with Crippen molar-refractivity contribution >= 4 is 22.3 Å². The normalized spacial score (nSPS) is 27.4. The number of hydrogen-bond donors (Lipinski definition) is 5. The van der Waals surface area contributed by atoms with Gasteiger partial charge in [-0.25, -0.2) is 13.2 Å². The number of aliphatic hydroxyl groups is 5. The smallest absolute Gasteiger partial charge is 0.726 e. The van der Waals surface area contributed by atoms with Gasteiger partial charge in [0.1, 0.15) is 30.5 Å². The summed E-state index contributed by atoms with van der Waals surface area (Å²) in [5.41, 5.74) is 0.213. The SMILES string of the molecule is CCCCCCCCCCCCCCCC[C@H](C)C[C@H](C)C[C@H](C)/C=C(\C)C(=O)O[C@H]1[C@H](O)[C@@H](CO)O[C@H](O[C@H]2O[C@H](CO)[C@@H](O)[C@H](O)[C@H]2OS(=O)(=O)[O-])[C@@H]1OC(=O)CCCCCCC.[Na+]. The number of carbonyl (C=O) groups excluding carboxylic acids is 2. The molecular formula is C48H87NaO16S. The van der Waals surface area contributed by atoms with E-state index in [9.17, 15) is 48.1 Å². The first-order valence-electron chi connectivity index (χ1n) is 24.9. The molecule has 0 saturated carbocycles. The van der Waals surface area contributed by atoms with Gasteiger partial charge in [0.2, 0.25) is 16.7 Å². The van der Waals surface area contributed by atoms with Crippen molar-refractivity contribution in [2.45, 2.75) is 251 Å². The fourth-order valence-electron chi connectivity index (χ4n) is 9.03. The zero-order valence-electron chi connectivity index (χ0n) is 41.4. The minimum atomic E-state index is -5.55. The Morgan fingerprint density at radius 1 is 0.636 bits per heavy atom. The van der Waals surface area contributed by atoms with Crippen LogP contribution in [-0.4, -0.2) is 125 Å². The largest absolute Gasteiger partial charge is 1.00 e. The van der Waals surface area contributed by atoms with Crippen molar-refractivity contribution in [3.05, 3.63) is 11.6 Å². The summed E-state index contributed by atoms with van der Waals surface area (Å²) in [6.45, 7) is 10.6. The summed E-state index contributed by atoms with van der Waals surface area (Å²) in [5.74, 6) is -0.708. The molecule has 5 N–H and O–H groups in total.